The topological polar surface area (TPSA) is 29.9 Å². The van der Waals surface area contributed by atoms with Crippen LogP contribution in [0.1, 0.15) is 18.1 Å². The van der Waals surface area contributed by atoms with Gasteiger partial charge >= 0.3 is 0 Å². The molecule has 0 aliphatic rings. The minimum Gasteiger partial charge on any atom is -0.313 e. The zero-order valence-electron chi connectivity index (χ0n) is 11.9. The van der Waals surface area contributed by atoms with Crippen LogP contribution in [0.4, 0.5) is 0 Å². The van der Waals surface area contributed by atoms with Crippen LogP contribution in [-0.2, 0) is 6.54 Å². The van der Waals surface area contributed by atoms with E-state index in [0.29, 0.717) is 0 Å². The summed E-state index contributed by atoms with van der Waals surface area (Å²) < 4.78 is 2.03. The molecule has 0 saturated carbocycles. The predicted octanol–water partition coefficient (Wildman–Crippen LogP) is 3.44. The highest BCUT2D eigenvalue weighted by Crippen LogP contribution is 2.21. The zero-order valence-corrected chi connectivity index (χ0v) is 11.9. The lowest BCUT2D eigenvalue weighted by molar-refractivity contribution is 0.718. The second-order valence-corrected chi connectivity index (χ2v) is 5.03. The van der Waals surface area contributed by atoms with Crippen molar-refractivity contribution < 1.29 is 0 Å². The molecule has 0 bridgehead atoms. The van der Waals surface area contributed by atoms with E-state index >= 15 is 0 Å². The summed E-state index contributed by atoms with van der Waals surface area (Å²) >= 11 is 0. The molecular formula is C17H19N3. The van der Waals surface area contributed by atoms with Gasteiger partial charge in [-0.15, -0.1) is 0 Å². The fraction of sp³-hybridized carbons (Fsp3) is 0.235. The van der Waals surface area contributed by atoms with E-state index in [1.165, 1.54) is 16.5 Å². The molecule has 2 aromatic carbocycles. The second kappa shape index (κ2) is 5.47. The number of benzene rings is 2. The van der Waals surface area contributed by atoms with Crippen LogP contribution in [0.5, 0.6) is 0 Å². The Labute approximate surface area is 119 Å². The van der Waals surface area contributed by atoms with E-state index in [2.05, 4.69) is 60.7 Å². The Morgan fingerprint density at radius 3 is 2.85 bits per heavy atom. The van der Waals surface area contributed by atoms with E-state index in [-0.39, 0.29) is 0 Å². The summed E-state index contributed by atoms with van der Waals surface area (Å²) in [5.74, 6) is 0. The average Bonchev–Trinajstić information content (AvgIpc) is 2.89. The van der Waals surface area contributed by atoms with E-state index in [1.54, 1.807) is 0 Å². The number of hydrogen-bond acceptors (Lipinski definition) is 2. The molecular weight excluding hydrogens is 246 g/mol. The van der Waals surface area contributed by atoms with Crippen molar-refractivity contribution in [3.8, 4) is 5.69 Å². The van der Waals surface area contributed by atoms with Crippen molar-refractivity contribution in [1.82, 2.24) is 15.1 Å². The number of hydrogen-bond donors (Lipinski definition) is 1. The van der Waals surface area contributed by atoms with E-state index in [9.17, 15) is 0 Å². The van der Waals surface area contributed by atoms with Crippen molar-refractivity contribution in [2.45, 2.75) is 20.4 Å². The highest BCUT2D eigenvalue weighted by molar-refractivity contribution is 5.80. The van der Waals surface area contributed by atoms with Crippen LogP contribution in [0.2, 0.25) is 0 Å². The van der Waals surface area contributed by atoms with E-state index < -0.39 is 0 Å². The molecule has 0 saturated heterocycles. The second-order valence-electron chi connectivity index (χ2n) is 5.03. The van der Waals surface area contributed by atoms with Gasteiger partial charge in [-0.2, -0.15) is 5.10 Å². The molecule has 0 fully saturated rings. The number of nitrogens with zero attached hydrogens (tertiary/aromatic N) is 2. The number of fused-ring (bicyclic) bond motifs is 1. The number of nitrogens with one attached hydrogen (secondary N) is 1. The minimum atomic E-state index is 0.863. The Balaban J connectivity index is 2.13. The third-order valence-corrected chi connectivity index (χ3v) is 3.51. The molecule has 1 heterocycles. The Morgan fingerprint density at radius 1 is 1.15 bits per heavy atom. The predicted molar refractivity (Wildman–Crippen MR) is 83.2 cm³/mol. The van der Waals surface area contributed by atoms with Crippen LogP contribution < -0.4 is 5.32 Å². The Bertz CT molecular complexity index is 728. The van der Waals surface area contributed by atoms with Gasteiger partial charge in [0.15, 0.2) is 0 Å². The van der Waals surface area contributed by atoms with E-state index in [0.717, 1.165) is 24.3 Å². The molecule has 0 atom stereocenters. The van der Waals surface area contributed by atoms with Crippen LogP contribution in [0.15, 0.2) is 48.7 Å². The zero-order chi connectivity index (χ0) is 13.9. The normalized spacial score (nSPS) is 11.1. The van der Waals surface area contributed by atoms with E-state index in [4.69, 9.17) is 0 Å². The lowest BCUT2D eigenvalue weighted by Gasteiger charge is -2.12. The summed E-state index contributed by atoms with van der Waals surface area (Å²) in [5.41, 5.74) is 4.85. The summed E-state index contributed by atoms with van der Waals surface area (Å²) in [4.78, 5) is 0. The molecule has 0 radical (unpaired) electrons. The molecule has 1 N–H and O–H groups in total. The van der Waals surface area contributed by atoms with Gasteiger partial charge in [-0.1, -0.05) is 42.8 Å². The smallest absolute Gasteiger partial charge is 0.0741 e. The fourth-order valence-corrected chi connectivity index (χ4v) is 2.49. The Kier molecular flexibility index (Phi) is 3.52. The molecule has 3 heteroatoms. The summed E-state index contributed by atoms with van der Waals surface area (Å²) in [6, 6.07) is 14.8. The first-order valence-corrected chi connectivity index (χ1v) is 7.03. The first-order chi connectivity index (χ1) is 9.79. The van der Waals surface area contributed by atoms with E-state index in [1.807, 2.05) is 16.9 Å². The Morgan fingerprint density at radius 2 is 2.00 bits per heavy atom. The summed E-state index contributed by atoms with van der Waals surface area (Å²) in [6.07, 6.45) is 1.92. The lowest BCUT2D eigenvalue weighted by atomic mass is 10.1. The maximum Gasteiger partial charge on any atom is 0.0741 e. The standard InChI is InChI=1S/C17H19N3/c1-3-18-11-15-10-13(2)8-9-17(15)20-16-7-5-4-6-14(16)12-19-20/h4-10,12,18H,3,11H2,1-2H3. The molecule has 0 aliphatic heterocycles. The molecule has 3 rings (SSSR count). The monoisotopic (exact) mass is 265 g/mol. The fourth-order valence-electron chi connectivity index (χ4n) is 2.49. The van der Waals surface area contributed by atoms with Crippen LogP contribution >= 0.6 is 0 Å². The van der Waals surface area contributed by atoms with Crippen molar-refractivity contribution in [1.29, 1.82) is 0 Å². The van der Waals surface area contributed by atoms with Crippen LogP contribution in [-0.4, -0.2) is 16.3 Å². The molecule has 3 nitrogen and oxygen atoms in total. The van der Waals surface area contributed by atoms with Gasteiger partial charge in [0.25, 0.3) is 0 Å². The maximum atomic E-state index is 4.55. The number of rotatable bonds is 4. The van der Waals surface area contributed by atoms with Gasteiger partial charge in [0.1, 0.15) is 0 Å². The maximum absolute atomic E-state index is 4.55. The van der Waals surface area contributed by atoms with Crippen LogP contribution in [0.3, 0.4) is 0 Å². The molecule has 0 amide bonds. The first-order valence-electron chi connectivity index (χ1n) is 7.03. The first kappa shape index (κ1) is 12.9. The third kappa shape index (κ3) is 2.32. The van der Waals surface area contributed by atoms with Gasteiger partial charge < -0.3 is 5.32 Å². The number of aromatic nitrogens is 2. The van der Waals surface area contributed by atoms with Gasteiger partial charge in [0, 0.05) is 11.9 Å². The minimum absolute atomic E-state index is 0.863. The number of para-hydroxylation sites is 1. The molecule has 0 spiro atoms. The number of aryl methyl sites for hydroxylation is 1. The van der Waals surface area contributed by atoms with Crippen molar-refractivity contribution >= 4 is 10.9 Å². The molecule has 20 heavy (non-hydrogen) atoms. The summed E-state index contributed by atoms with van der Waals surface area (Å²) in [6.45, 7) is 6.08. The molecule has 1 aromatic heterocycles. The largest absolute Gasteiger partial charge is 0.313 e. The molecule has 0 aliphatic carbocycles. The van der Waals surface area contributed by atoms with Crippen LogP contribution in [0, 0.1) is 6.92 Å². The summed E-state index contributed by atoms with van der Waals surface area (Å²) in [5, 5.41) is 9.12. The third-order valence-electron chi connectivity index (χ3n) is 3.51. The van der Waals surface area contributed by atoms with Crippen molar-refractivity contribution in [2.75, 3.05) is 6.54 Å². The van der Waals surface area contributed by atoms with Crippen LogP contribution in [0.25, 0.3) is 16.6 Å². The summed E-state index contributed by atoms with van der Waals surface area (Å²) in [7, 11) is 0. The molecule has 3 aromatic rings. The van der Waals surface area contributed by atoms with Gasteiger partial charge in [-0.25, -0.2) is 4.68 Å². The SMILES string of the molecule is CCNCc1cc(C)ccc1-n1ncc2ccccc21. The molecule has 0 unspecified atom stereocenters. The van der Waals surface area contributed by atoms with Gasteiger partial charge in [-0.05, 0) is 31.2 Å². The highest BCUT2D eigenvalue weighted by atomic mass is 15.3. The highest BCUT2D eigenvalue weighted by Gasteiger charge is 2.09. The van der Waals surface area contributed by atoms with Gasteiger partial charge in [0.2, 0.25) is 0 Å². The van der Waals surface area contributed by atoms with Crippen molar-refractivity contribution in [3.05, 3.63) is 59.8 Å². The van der Waals surface area contributed by atoms with Crippen molar-refractivity contribution in [2.24, 2.45) is 0 Å². The Hall–Kier alpha value is -2.13. The van der Waals surface area contributed by atoms with Gasteiger partial charge in [0.05, 0.1) is 17.4 Å². The lowest BCUT2D eigenvalue weighted by Crippen LogP contribution is -2.14. The quantitative estimate of drug-likeness (QED) is 0.783. The van der Waals surface area contributed by atoms with Gasteiger partial charge in [-0.3, -0.25) is 0 Å². The average molecular weight is 265 g/mol. The molecule has 102 valence electrons. The van der Waals surface area contributed by atoms with Crippen molar-refractivity contribution in [3.63, 3.8) is 0 Å².